The number of rotatable bonds is 6. The molecule has 1 atom stereocenters. The summed E-state index contributed by atoms with van der Waals surface area (Å²) in [4.78, 5) is 12.5. The predicted octanol–water partition coefficient (Wildman–Crippen LogP) is 3.68. The second-order valence-corrected chi connectivity index (χ2v) is 6.04. The van der Waals surface area contributed by atoms with Crippen LogP contribution in [0.3, 0.4) is 0 Å². The SMILES string of the molecule is CCN[C@H](C)CNC(=O)c1c(-c2c(Cl)cccc2Cl)noc1C. The smallest absolute Gasteiger partial charge is 0.257 e. The van der Waals surface area contributed by atoms with Crippen LogP contribution in [0.2, 0.25) is 10.0 Å². The zero-order valence-corrected chi connectivity index (χ0v) is 14.8. The van der Waals surface area contributed by atoms with Crippen LogP contribution in [0.25, 0.3) is 11.3 Å². The average molecular weight is 356 g/mol. The third-order valence-corrected chi connectivity index (χ3v) is 4.04. The average Bonchev–Trinajstić information content (AvgIpc) is 2.87. The summed E-state index contributed by atoms with van der Waals surface area (Å²) in [6.45, 7) is 7.02. The molecule has 1 amide bonds. The molecule has 2 aromatic rings. The van der Waals surface area contributed by atoms with Gasteiger partial charge < -0.3 is 15.2 Å². The zero-order valence-electron chi connectivity index (χ0n) is 13.2. The number of nitrogens with one attached hydrogen (secondary N) is 2. The quantitative estimate of drug-likeness (QED) is 0.829. The van der Waals surface area contributed by atoms with Crippen molar-refractivity contribution in [2.75, 3.05) is 13.1 Å². The maximum atomic E-state index is 12.5. The summed E-state index contributed by atoms with van der Waals surface area (Å²) >= 11 is 12.4. The molecule has 1 aromatic carbocycles. The largest absolute Gasteiger partial charge is 0.360 e. The van der Waals surface area contributed by atoms with E-state index >= 15 is 0 Å². The molecule has 0 saturated carbocycles. The monoisotopic (exact) mass is 355 g/mol. The number of benzene rings is 1. The number of carbonyl (C=O) groups is 1. The molecule has 0 saturated heterocycles. The maximum Gasteiger partial charge on any atom is 0.257 e. The Hall–Kier alpha value is -1.56. The number of hydrogen-bond acceptors (Lipinski definition) is 4. The normalized spacial score (nSPS) is 12.2. The van der Waals surface area contributed by atoms with Gasteiger partial charge in [0.2, 0.25) is 0 Å². The van der Waals surface area contributed by atoms with Crippen LogP contribution in [0, 0.1) is 6.92 Å². The first kappa shape index (κ1) is 17.8. The van der Waals surface area contributed by atoms with Crippen molar-refractivity contribution in [2.24, 2.45) is 0 Å². The van der Waals surface area contributed by atoms with Gasteiger partial charge in [-0.15, -0.1) is 0 Å². The Bertz CT molecular complexity index is 680. The highest BCUT2D eigenvalue weighted by atomic mass is 35.5. The van der Waals surface area contributed by atoms with Crippen LogP contribution in [-0.4, -0.2) is 30.2 Å². The first-order valence-corrected chi connectivity index (χ1v) is 8.13. The molecule has 1 aromatic heterocycles. The molecule has 0 aliphatic rings. The van der Waals surface area contributed by atoms with Crippen LogP contribution < -0.4 is 10.6 Å². The van der Waals surface area contributed by atoms with Crippen LogP contribution in [0.5, 0.6) is 0 Å². The maximum absolute atomic E-state index is 12.5. The minimum Gasteiger partial charge on any atom is -0.360 e. The fraction of sp³-hybridized carbons (Fsp3) is 0.375. The molecule has 1 heterocycles. The topological polar surface area (TPSA) is 67.2 Å². The summed E-state index contributed by atoms with van der Waals surface area (Å²) in [7, 11) is 0. The number of likely N-dealkylation sites (N-methyl/N-ethyl adjacent to an activating group) is 1. The Balaban J connectivity index is 2.30. The van der Waals surface area contributed by atoms with E-state index in [9.17, 15) is 4.79 Å². The molecule has 0 radical (unpaired) electrons. The van der Waals surface area contributed by atoms with E-state index in [-0.39, 0.29) is 11.9 Å². The van der Waals surface area contributed by atoms with E-state index in [0.29, 0.717) is 39.2 Å². The van der Waals surface area contributed by atoms with E-state index < -0.39 is 0 Å². The number of aromatic nitrogens is 1. The Kier molecular flexibility index (Phi) is 6.04. The van der Waals surface area contributed by atoms with Crippen molar-refractivity contribution in [2.45, 2.75) is 26.8 Å². The van der Waals surface area contributed by atoms with E-state index in [4.69, 9.17) is 27.7 Å². The van der Waals surface area contributed by atoms with Gasteiger partial charge >= 0.3 is 0 Å². The fourth-order valence-electron chi connectivity index (χ4n) is 2.29. The molecule has 0 spiro atoms. The predicted molar refractivity (Wildman–Crippen MR) is 92.2 cm³/mol. The third-order valence-electron chi connectivity index (χ3n) is 3.41. The van der Waals surface area contributed by atoms with Gasteiger partial charge in [0.15, 0.2) is 0 Å². The van der Waals surface area contributed by atoms with E-state index in [1.165, 1.54) is 0 Å². The highest BCUT2D eigenvalue weighted by Crippen LogP contribution is 2.36. The van der Waals surface area contributed by atoms with Crippen LogP contribution >= 0.6 is 23.2 Å². The molecule has 23 heavy (non-hydrogen) atoms. The van der Waals surface area contributed by atoms with Crippen molar-refractivity contribution in [1.29, 1.82) is 0 Å². The lowest BCUT2D eigenvalue weighted by atomic mass is 10.1. The van der Waals surface area contributed by atoms with E-state index in [2.05, 4.69) is 15.8 Å². The Labute approximate surface area is 145 Å². The molecule has 7 heteroatoms. The van der Waals surface area contributed by atoms with Gasteiger partial charge in [-0.05, 0) is 32.5 Å². The number of hydrogen-bond donors (Lipinski definition) is 2. The van der Waals surface area contributed by atoms with E-state index in [1.54, 1.807) is 25.1 Å². The number of carbonyl (C=O) groups excluding carboxylic acids is 1. The van der Waals surface area contributed by atoms with Gasteiger partial charge in [0, 0.05) is 18.2 Å². The molecule has 124 valence electrons. The zero-order chi connectivity index (χ0) is 17.0. The van der Waals surface area contributed by atoms with Crippen LogP contribution in [-0.2, 0) is 0 Å². The van der Waals surface area contributed by atoms with Crippen molar-refractivity contribution >= 4 is 29.1 Å². The summed E-state index contributed by atoms with van der Waals surface area (Å²) < 4.78 is 5.19. The van der Waals surface area contributed by atoms with Crippen molar-refractivity contribution < 1.29 is 9.32 Å². The van der Waals surface area contributed by atoms with E-state index in [0.717, 1.165) is 6.54 Å². The van der Waals surface area contributed by atoms with Gasteiger partial charge in [0.05, 0.1) is 10.0 Å². The summed E-state index contributed by atoms with van der Waals surface area (Å²) in [5.41, 5.74) is 1.20. The Morgan fingerprint density at radius 2 is 2.00 bits per heavy atom. The second kappa shape index (κ2) is 7.81. The number of halogens is 2. The summed E-state index contributed by atoms with van der Waals surface area (Å²) in [5, 5.41) is 10.9. The first-order valence-electron chi connectivity index (χ1n) is 7.37. The van der Waals surface area contributed by atoms with Crippen LogP contribution in [0.4, 0.5) is 0 Å². The van der Waals surface area contributed by atoms with Gasteiger partial charge in [-0.1, -0.05) is 41.3 Å². The van der Waals surface area contributed by atoms with Crippen molar-refractivity contribution in [3.63, 3.8) is 0 Å². The minimum absolute atomic E-state index is 0.163. The number of nitrogens with zero attached hydrogens (tertiary/aromatic N) is 1. The van der Waals surface area contributed by atoms with Crippen molar-refractivity contribution in [3.8, 4) is 11.3 Å². The lowest BCUT2D eigenvalue weighted by Gasteiger charge is -2.13. The second-order valence-electron chi connectivity index (χ2n) is 5.23. The van der Waals surface area contributed by atoms with Crippen molar-refractivity contribution in [1.82, 2.24) is 15.8 Å². The molecular formula is C16H19Cl2N3O2. The van der Waals surface area contributed by atoms with Crippen LogP contribution in [0.1, 0.15) is 30.0 Å². The van der Waals surface area contributed by atoms with Gasteiger partial charge in [0.1, 0.15) is 17.0 Å². The van der Waals surface area contributed by atoms with Gasteiger partial charge in [-0.3, -0.25) is 4.79 Å². The molecule has 0 aliphatic carbocycles. The van der Waals surface area contributed by atoms with Gasteiger partial charge in [-0.25, -0.2) is 0 Å². The number of aryl methyl sites for hydroxylation is 1. The third kappa shape index (κ3) is 4.05. The van der Waals surface area contributed by atoms with Crippen molar-refractivity contribution in [3.05, 3.63) is 39.6 Å². The minimum atomic E-state index is -0.264. The van der Waals surface area contributed by atoms with E-state index in [1.807, 2.05) is 13.8 Å². The molecule has 2 rings (SSSR count). The first-order chi connectivity index (χ1) is 11.0. The Morgan fingerprint density at radius 1 is 1.35 bits per heavy atom. The summed E-state index contributed by atoms with van der Waals surface area (Å²) in [5.74, 6) is 0.157. The molecule has 5 nitrogen and oxygen atoms in total. The highest BCUT2D eigenvalue weighted by Gasteiger charge is 2.24. The summed E-state index contributed by atoms with van der Waals surface area (Å²) in [6.07, 6.45) is 0. The molecule has 0 bridgehead atoms. The highest BCUT2D eigenvalue weighted by molar-refractivity contribution is 6.39. The molecule has 0 aliphatic heterocycles. The lowest BCUT2D eigenvalue weighted by Crippen LogP contribution is -2.39. The standard InChI is InChI=1S/C16H19Cl2N3O2/c1-4-19-9(2)8-20-16(22)13-10(3)23-21-15(13)14-11(17)6-5-7-12(14)18/h5-7,9,19H,4,8H2,1-3H3,(H,20,22)/t9-/m1/s1. The van der Waals surface area contributed by atoms with Gasteiger partial charge in [0.25, 0.3) is 5.91 Å². The molecule has 2 N–H and O–H groups in total. The lowest BCUT2D eigenvalue weighted by molar-refractivity contribution is 0.0949. The molecular weight excluding hydrogens is 337 g/mol. The molecule has 0 unspecified atom stereocenters. The molecule has 0 fully saturated rings. The Morgan fingerprint density at radius 3 is 2.61 bits per heavy atom. The fourth-order valence-corrected chi connectivity index (χ4v) is 2.87. The van der Waals surface area contributed by atoms with Gasteiger partial charge in [-0.2, -0.15) is 0 Å². The van der Waals surface area contributed by atoms with Crippen LogP contribution in [0.15, 0.2) is 22.7 Å². The number of amides is 1. The summed E-state index contributed by atoms with van der Waals surface area (Å²) in [6, 6.07) is 5.29.